The van der Waals surface area contributed by atoms with E-state index in [1.807, 2.05) is 13.8 Å². The molecule has 1 aromatic carbocycles. The second kappa shape index (κ2) is 5.42. The third kappa shape index (κ3) is 3.01. The van der Waals surface area contributed by atoms with Crippen molar-refractivity contribution < 1.29 is 12.8 Å². The summed E-state index contributed by atoms with van der Waals surface area (Å²) in [5.41, 5.74) is 5.35. The smallest absolute Gasteiger partial charge is 0.239 e. The van der Waals surface area contributed by atoms with E-state index >= 15 is 0 Å². The molecule has 1 heterocycles. The van der Waals surface area contributed by atoms with Gasteiger partial charge in [0.05, 0.1) is 5.75 Å². The van der Waals surface area contributed by atoms with E-state index in [1.54, 1.807) is 19.1 Å². The molecule has 6 nitrogen and oxygen atoms in total. The molecular formula is C14H21FN4O2S. The van der Waals surface area contributed by atoms with Gasteiger partial charge in [-0.1, -0.05) is 0 Å². The van der Waals surface area contributed by atoms with Crippen LogP contribution >= 0.6 is 0 Å². The second-order valence-corrected chi connectivity index (χ2v) is 7.96. The molecule has 0 spiro atoms. The Morgan fingerprint density at radius 2 is 2.09 bits per heavy atom. The molecule has 0 bridgehead atoms. The molecule has 2 rings (SSSR count). The van der Waals surface area contributed by atoms with Gasteiger partial charge in [0, 0.05) is 24.3 Å². The molecule has 3 N–H and O–H groups in total. The summed E-state index contributed by atoms with van der Waals surface area (Å²) in [7, 11) is -2.29. The fraction of sp³-hybridized carbons (Fsp3) is 0.500. The number of nitrogens with one attached hydrogen (secondary N) is 1. The maximum absolute atomic E-state index is 14.3. The van der Waals surface area contributed by atoms with Crippen molar-refractivity contribution in [2.24, 2.45) is 10.7 Å². The van der Waals surface area contributed by atoms with Gasteiger partial charge in [-0.2, -0.15) is 0 Å². The zero-order chi connectivity index (χ0) is 16.7. The third-order valence-electron chi connectivity index (χ3n) is 3.57. The van der Waals surface area contributed by atoms with Crippen LogP contribution in [0, 0.1) is 5.82 Å². The standard InChI is InChI=1S/C14H21FN4O2S/c1-9(2)17-10-5-6-12(15)11(7-10)14(3)8-22(20,21)19(4)13(16)18-14/h5-7,9,17H,8H2,1-4H3,(H2,16,18)/t14-/m0/s1. The van der Waals surface area contributed by atoms with Gasteiger partial charge in [-0.15, -0.1) is 0 Å². The minimum atomic E-state index is -3.63. The molecular weight excluding hydrogens is 307 g/mol. The van der Waals surface area contributed by atoms with Gasteiger partial charge in [-0.05, 0) is 39.0 Å². The minimum Gasteiger partial charge on any atom is -0.383 e. The number of hydrogen-bond acceptors (Lipinski definition) is 5. The van der Waals surface area contributed by atoms with Crippen molar-refractivity contribution in [3.8, 4) is 0 Å². The highest BCUT2D eigenvalue weighted by molar-refractivity contribution is 7.89. The SMILES string of the molecule is CC(C)Nc1ccc(F)c([C@]2(C)CS(=O)(=O)N(C)C(N)=N2)c1. The summed E-state index contributed by atoms with van der Waals surface area (Å²) >= 11 is 0. The normalized spacial score (nSPS) is 24.3. The van der Waals surface area contributed by atoms with Crippen LogP contribution in [0.1, 0.15) is 26.3 Å². The van der Waals surface area contributed by atoms with Gasteiger partial charge in [-0.3, -0.25) is 0 Å². The monoisotopic (exact) mass is 328 g/mol. The van der Waals surface area contributed by atoms with E-state index in [4.69, 9.17) is 5.73 Å². The molecule has 22 heavy (non-hydrogen) atoms. The van der Waals surface area contributed by atoms with Crippen molar-refractivity contribution in [1.29, 1.82) is 0 Å². The number of nitrogens with zero attached hydrogens (tertiary/aromatic N) is 2. The number of hydrogen-bond donors (Lipinski definition) is 2. The van der Waals surface area contributed by atoms with Gasteiger partial charge >= 0.3 is 0 Å². The van der Waals surface area contributed by atoms with Crippen molar-refractivity contribution in [2.45, 2.75) is 32.4 Å². The number of halogens is 1. The predicted octanol–water partition coefficient (Wildman–Crippen LogP) is 1.45. The van der Waals surface area contributed by atoms with Crippen LogP contribution in [0.3, 0.4) is 0 Å². The van der Waals surface area contributed by atoms with Crippen LogP contribution in [-0.4, -0.2) is 37.5 Å². The molecule has 0 unspecified atom stereocenters. The highest BCUT2D eigenvalue weighted by Gasteiger charge is 2.41. The third-order valence-corrected chi connectivity index (χ3v) is 5.52. The lowest BCUT2D eigenvalue weighted by molar-refractivity contribution is 0.458. The van der Waals surface area contributed by atoms with Crippen LogP contribution in [0.4, 0.5) is 10.1 Å². The summed E-state index contributed by atoms with van der Waals surface area (Å²) in [4.78, 5) is 4.22. The molecule has 8 heteroatoms. The Labute approximate surface area is 130 Å². The first-order valence-corrected chi connectivity index (χ1v) is 8.54. The maximum Gasteiger partial charge on any atom is 0.239 e. The van der Waals surface area contributed by atoms with E-state index < -0.39 is 21.4 Å². The van der Waals surface area contributed by atoms with E-state index in [0.29, 0.717) is 5.69 Å². The first kappa shape index (κ1) is 16.5. The predicted molar refractivity (Wildman–Crippen MR) is 85.7 cm³/mol. The molecule has 0 saturated carbocycles. The molecule has 1 aliphatic rings. The Bertz CT molecular complexity index is 718. The molecule has 122 valence electrons. The largest absolute Gasteiger partial charge is 0.383 e. The van der Waals surface area contributed by atoms with Gasteiger partial charge in [-0.25, -0.2) is 22.1 Å². The van der Waals surface area contributed by atoms with Crippen molar-refractivity contribution >= 4 is 21.7 Å². The first-order chi connectivity index (χ1) is 10.0. The number of nitrogens with two attached hydrogens (primary N) is 1. The molecule has 1 aliphatic heterocycles. The number of sulfonamides is 1. The summed E-state index contributed by atoms with van der Waals surface area (Å²) in [6.45, 7) is 5.49. The van der Waals surface area contributed by atoms with E-state index in [2.05, 4.69) is 10.3 Å². The number of anilines is 1. The molecule has 0 aromatic heterocycles. The Morgan fingerprint density at radius 1 is 1.45 bits per heavy atom. The van der Waals surface area contributed by atoms with Crippen LogP contribution in [0.15, 0.2) is 23.2 Å². The average Bonchev–Trinajstić information content (AvgIpc) is 2.37. The van der Waals surface area contributed by atoms with Crippen LogP contribution in [0.25, 0.3) is 0 Å². The van der Waals surface area contributed by atoms with Gasteiger partial charge < -0.3 is 11.1 Å². The van der Waals surface area contributed by atoms with E-state index in [1.165, 1.54) is 13.1 Å². The Kier molecular flexibility index (Phi) is 4.08. The van der Waals surface area contributed by atoms with Gasteiger partial charge in [0.15, 0.2) is 0 Å². The van der Waals surface area contributed by atoms with E-state index in [-0.39, 0.29) is 23.3 Å². The number of aliphatic imine (C=N–C) groups is 1. The summed E-state index contributed by atoms with van der Waals surface area (Å²) in [5, 5.41) is 3.16. The van der Waals surface area contributed by atoms with E-state index in [9.17, 15) is 12.8 Å². The van der Waals surface area contributed by atoms with E-state index in [0.717, 1.165) is 4.31 Å². The summed E-state index contributed by atoms with van der Waals surface area (Å²) in [6.07, 6.45) is 0. The Balaban J connectivity index is 2.55. The zero-order valence-electron chi connectivity index (χ0n) is 13.1. The lowest BCUT2D eigenvalue weighted by atomic mass is 9.93. The van der Waals surface area contributed by atoms with Gasteiger partial charge in [0.2, 0.25) is 16.0 Å². The molecule has 0 radical (unpaired) electrons. The number of rotatable bonds is 3. The topological polar surface area (TPSA) is 87.8 Å². The minimum absolute atomic E-state index is 0.143. The van der Waals surface area contributed by atoms with Crippen molar-refractivity contribution in [2.75, 3.05) is 18.1 Å². The highest BCUT2D eigenvalue weighted by atomic mass is 32.2. The van der Waals surface area contributed by atoms with Gasteiger partial charge in [0.1, 0.15) is 11.4 Å². The second-order valence-electron chi connectivity index (χ2n) is 5.96. The summed E-state index contributed by atoms with van der Waals surface area (Å²) in [6, 6.07) is 4.68. The van der Waals surface area contributed by atoms with Crippen LogP contribution in [0.2, 0.25) is 0 Å². The lowest BCUT2D eigenvalue weighted by Gasteiger charge is -2.34. The van der Waals surface area contributed by atoms with Crippen LogP contribution in [-0.2, 0) is 15.6 Å². The van der Waals surface area contributed by atoms with Crippen LogP contribution in [0.5, 0.6) is 0 Å². The highest BCUT2D eigenvalue weighted by Crippen LogP contribution is 2.34. The fourth-order valence-electron chi connectivity index (χ4n) is 2.45. The Morgan fingerprint density at radius 3 is 2.64 bits per heavy atom. The molecule has 0 amide bonds. The molecule has 1 atom stereocenters. The van der Waals surface area contributed by atoms with Crippen molar-refractivity contribution in [3.05, 3.63) is 29.6 Å². The zero-order valence-corrected chi connectivity index (χ0v) is 13.9. The number of guanidine groups is 1. The van der Waals surface area contributed by atoms with Crippen LogP contribution < -0.4 is 11.1 Å². The molecule has 0 aliphatic carbocycles. The molecule has 0 saturated heterocycles. The van der Waals surface area contributed by atoms with Gasteiger partial charge in [0.25, 0.3) is 0 Å². The fourth-order valence-corrected chi connectivity index (χ4v) is 3.90. The average molecular weight is 328 g/mol. The summed E-state index contributed by atoms with van der Waals surface area (Å²) in [5.74, 6) is -0.984. The molecule has 0 fully saturated rings. The maximum atomic E-state index is 14.3. The lowest BCUT2D eigenvalue weighted by Crippen LogP contribution is -2.50. The quantitative estimate of drug-likeness (QED) is 0.879. The number of benzene rings is 1. The summed E-state index contributed by atoms with van der Waals surface area (Å²) < 4.78 is 39.5. The molecule has 1 aromatic rings. The Hall–Kier alpha value is -1.83. The van der Waals surface area contributed by atoms with Crippen molar-refractivity contribution in [3.63, 3.8) is 0 Å². The first-order valence-electron chi connectivity index (χ1n) is 6.94. The van der Waals surface area contributed by atoms with Crippen molar-refractivity contribution in [1.82, 2.24) is 4.31 Å².